The van der Waals surface area contributed by atoms with Crippen molar-refractivity contribution in [1.29, 1.82) is 0 Å². The Morgan fingerprint density at radius 1 is 1.32 bits per heavy atom. The quantitative estimate of drug-likeness (QED) is 0.743. The normalized spacial score (nSPS) is 17.2. The molecule has 1 saturated heterocycles. The molecule has 1 fully saturated rings. The zero-order valence-corrected chi connectivity index (χ0v) is 14.7. The third-order valence-corrected chi connectivity index (χ3v) is 4.28. The summed E-state index contributed by atoms with van der Waals surface area (Å²) in [6.07, 6.45) is 5.89. The number of nitrogens with zero attached hydrogens (tertiary/aromatic N) is 5. The maximum atomic E-state index is 12.4. The number of anilines is 1. The molecule has 0 radical (unpaired) electrons. The Morgan fingerprint density at radius 2 is 2.20 bits per heavy atom. The summed E-state index contributed by atoms with van der Waals surface area (Å²) < 4.78 is 3.61. The Hall–Kier alpha value is -2.45. The summed E-state index contributed by atoms with van der Waals surface area (Å²) in [6.45, 7) is 3.92. The smallest absolute Gasteiger partial charge is 0.278 e. The van der Waals surface area contributed by atoms with E-state index in [1.54, 1.807) is 10.5 Å². The van der Waals surface area contributed by atoms with Gasteiger partial charge in [0.2, 0.25) is 5.95 Å². The highest BCUT2D eigenvalue weighted by Crippen LogP contribution is 2.16. The first-order chi connectivity index (χ1) is 11.7. The van der Waals surface area contributed by atoms with Gasteiger partial charge in [0.05, 0.1) is 6.04 Å². The number of aromatic nitrogens is 5. The van der Waals surface area contributed by atoms with E-state index in [-0.39, 0.29) is 18.3 Å². The highest BCUT2D eigenvalue weighted by molar-refractivity contribution is 6.01. The molecule has 1 amide bonds. The van der Waals surface area contributed by atoms with E-state index in [1.165, 1.54) is 0 Å². The molecular weight excluding hydrogens is 342 g/mol. The summed E-state index contributed by atoms with van der Waals surface area (Å²) in [4.78, 5) is 12.4. The van der Waals surface area contributed by atoms with Gasteiger partial charge in [0.25, 0.3) is 5.91 Å². The van der Waals surface area contributed by atoms with E-state index in [1.807, 2.05) is 36.1 Å². The average Bonchev–Trinajstić information content (AvgIpc) is 3.23. The second-order valence-electron chi connectivity index (χ2n) is 6.09. The number of nitrogens with one attached hydrogen (secondary N) is 2. The highest BCUT2D eigenvalue weighted by Gasteiger charge is 2.18. The molecule has 132 valence electrons. The largest absolute Gasteiger partial charge is 0.315 e. The molecule has 1 unspecified atom stereocenters. The number of carbonyl (C=O) groups excluding carboxylic acids is 1. The summed E-state index contributed by atoms with van der Waals surface area (Å²) in [5.41, 5.74) is 2.17. The Kier molecular flexibility index (Phi) is 5.00. The number of rotatable bonds is 3. The van der Waals surface area contributed by atoms with E-state index in [2.05, 4.69) is 25.9 Å². The van der Waals surface area contributed by atoms with Crippen LogP contribution in [-0.2, 0) is 0 Å². The third-order valence-electron chi connectivity index (χ3n) is 4.28. The van der Waals surface area contributed by atoms with Crippen LogP contribution < -0.4 is 10.6 Å². The monoisotopic (exact) mass is 361 g/mol. The molecule has 9 heteroatoms. The van der Waals surface area contributed by atoms with Crippen molar-refractivity contribution >= 4 is 29.9 Å². The number of carbonyl (C=O) groups is 1. The van der Waals surface area contributed by atoms with Crippen LogP contribution in [-0.4, -0.2) is 43.4 Å². The minimum atomic E-state index is -0.285. The molecule has 4 heterocycles. The van der Waals surface area contributed by atoms with Crippen LogP contribution in [0.25, 0.3) is 5.65 Å². The van der Waals surface area contributed by atoms with Crippen molar-refractivity contribution in [3.63, 3.8) is 0 Å². The third kappa shape index (κ3) is 3.49. The van der Waals surface area contributed by atoms with Gasteiger partial charge in [-0.05, 0) is 50.1 Å². The van der Waals surface area contributed by atoms with Crippen molar-refractivity contribution in [2.75, 3.05) is 18.4 Å². The summed E-state index contributed by atoms with van der Waals surface area (Å²) in [6, 6.07) is 5.89. The van der Waals surface area contributed by atoms with Crippen LogP contribution in [0.2, 0.25) is 0 Å². The van der Waals surface area contributed by atoms with Gasteiger partial charge < -0.3 is 5.32 Å². The molecule has 8 nitrogen and oxygen atoms in total. The van der Waals surface area contributed by atoms with Crippen LogP contribution in [0.3, 0.4) is 0 Å². The maximum Gasteiger partial charge on any atom is 0.278 e. The molecular formula is C16H20ClN7O. The van der Waals surface area contributed by atoms with Crippen LogP contribution in [0.15, 0.2) is 30.6 Å². The standard InChI is InChI=1S/C16H19N7O.ClH/c1-11-4-7-22-14(9-11)19-20-16(22)18-15(24)13-5-8-23(21-13)12-3-2-6-17-10-12;/h4-5,7-9,12,17H,2-3,6,10H2,1H3,(H,18,20,24);1H. The van der Waals surface area contributed by atoms with Gasteiger partial charge in [-0.1, -0.05) is 0 Å². The first-order valence-electron chi connectivity index (χ1n) is 8.09. The van der Waals surface area contributed by atoms with Crippen molar-refractivity contribution in [1.82, 2.24) is 29.7 Å². The molecule has 1 aliphatic rings. The fraction of sp³-hybridized carbons (Fsp3) is 0.375. The van der Waals surface area contributed by atoms with Gasteiger partial charge in [0.1, 0.15) is 0 Å². The van der Waals surface area contributed by atoms with Crippen molar-refractivity contribution in [2.24, 2.45) is 0 Å². The SMILES string of the molecule is Cc1ccn2c(NC(=O)c3ccn(C4CCCNC4)n3)nnc2c1.Cl. The number of pyridine rings is 1. The highest BCUT2D eigenvalue weighted by atomic mass is 35.5. The predicted octanol–water partition coefficient (Wildman–Crippen LogP) is 1.83. The lowest BCUT2D eigenvalue weighted by Gasteiger charge is -2.22. The van der Waals surface area contributed by atoms with E-state index in [4.69, 9.17) is 0 Å². The molecule has 0 aliphatic carbocycles. The lowest BCUT2D eigenvalue weighted by atomic mass is 10.1. The van der Waals surface area contributed by atoms with Crippen molar-refractivity contribution < 1.29 is 4.79 Å². The zero-order chi connectivity index (χ0) is 16.5. The lowest BCUT2D eigenvalue weighted by Crippen LogP contribution is -2.32. The van der Waals surface area contributed by atoms with Crippen LogP contribution in [0.5, 0.6) is 0 Å². The van der Waals surface area contributed by atoms with Gasteiger partial charge >= 0.3 is 0 Å². The van der Waals surface area contributed by atoms with Gasteiger partial charge in [-0.3, -0.25) is 19.2 Å². The zero-order valence-electron chi connectivity index (χ0n) is 13.8. The van der Waals surface area contributed by atoms with Gasteiger partial charge in [-0.2, -0.15) is 5.10 Å². The fourth-order valence-electron chi connectivity index (χ4n) is 2.97. The summed E-state index contributed by atoms with van der Waals surface area (Å²) in [5.74, 6) is 0.108. The summed E-state index contributed by atoms with van der Waals surface area (Å²) in [5, 5.41) is 18.6. The minimum absolute atomic E-state index is 0. The van der Waals surface area contributed by atoms with E-state index in [9.17, 15) is 4.79 Å². The molecule has 0 aromatic carbocycles. The van der Waals surface area contributed by atoms with E-state index in [0.717, 1.165) is 31.5 Å². The second kappa shape index (κ2) is 7.20. The molecule has 2 N–H and O–H groups in total. The molecule has 0 spiro atoms. The van der Waals surface area contributed by atoms with Gasteiger partial charge in [0, 0.05) is 18.9 Å². The molecule has 1 atom stereocenters. The molecule has 0 bridgehead atoms. The van der Waals surface area contributed by atoms with Gasteiger partial charge in [0.15, 0.2) is 11.3 Å². The number of fused-ring (bicyclic) bond motifs is 1. The number of halogens is 1. The Morgan fingerprint density at radius 3 is 3.00 bits per heavy atom. The first kappa shape index (κ1) is 17.4. The molecule has 0 saturated carbocycles. The van der Waals surface area contributed by atoms with Crippen molar-refractivity contribution in [2.45, 2.75) is 25.8 Å². The lowest BCUT2D eigenvalue weighted by molar-refractivity contribution is 0.102. The van der Waals surface area contributed by atoms with Gasteiger partial charge in [-0.15, -0.1) is 22.6 Å². The summed E-state index contributed by atoms with van der Waals surface area (Å²) >= 11 is 0. The van der Waals surface area contributed by atoms with Crippen molar-refractivity contribution in [3.8, 4) is 0 Å². The Bertz CT molecular complexity index is 882. The number of hydrogen-bond acceptors (Lipinski definition) is 5. The molecule has 3 aromatic heterocycles. The molecule has 25 heavy (non-hydrogen) atoms. The van der Waals surface area contributed by atoms with Crippen LogP contribution in [0.1, 0.15) is 34.9 Å². The minimum Gasteiger partial charge on any atom is -0.315 e. The number of amides is 1. The van der Waals surface area contributed by atoms with Gasteiger partial charge in [-0.25, -0.2) is 0 Å². The fourth-order valence-corrected chi connectivity index (χ4v) is 2.97. The maximum absolute atomic E-state index is 12.4. The van der Waals surface area contributed by atoms with E-state index in [0.29, 0.717) is 23.3 Å². The Labute approximate surface area is 151 Å². The first-order valence-corrected chi connectivity index (χ1v) is 8.09. The van der Waals surface area contributed by atoms with Crippen LogP contribution in [0, 0.1) is 6.92 Å². The van der Waals surface area contributed by atoms with E-state index < -0.39 is 0 Å². The van der Waals surface area contributed by atoms with Crippen molar-refractivity contribution in [3.05, 3.63) is 41.9 Å². The number of piperidine rings is 1. The second-order valence-corrected chi connectivity index (χ2v) is 6.09. The van der Waals surface area contributed by atoms with Crippen LogP contribution >= 0.6 is 12.4 Å². The topological polar surface area (TPSA) is 89.1 Å². The molecule has 1 aliphatic heterocycles. The van der Waals surface area contributed by atoms with Crippen LogP contribution in [0.4, 0.5) is 5.95 Å². The predicted molar refractivity (Wildman–Crippen MR) is 96.3 cm³/mol. The number of aryl methyl sites for hydroxylation is 1. The molecule has 3 aromatic rings. The summed E-state index contributed by atoms with van der Waals surface area (Å²) in [7, 11) is 0. The average molecular weight is 362 g/mol. The number of hydrogen-bond donors (Lipinski definition) is 2. The Balaban J connectivity index is 0.00000182. The van der Waals surface area contributed by atoms with E-state index >= 15 is 0 Å². The molecule has 4 rings (SSSR count).